The van der Waals surface area contributed by atoms with Crippen LogP contribution in [0, 0.1) is 0 Å². The monoisotopic (exact) mass is 236 g/mol. The summed E-state index contributed by atoms with van der Waals surface area (Å²) in [5.74, 6) is -1.02. The predicted octanol–water partition coefficient (Wildman–Crippen LogP) is -3.05. The molecule has 0 aromatic rings. The Hall–Kier alpha value is 1.20. The van der Waals surface area contributed by atoms with Crippen molar-refractivity contribution in [3.8, 4) is 0 Å². The summed E-state index contributed by atoms with van der Waals surface area (Å²) in [6.07, 6.45) is 0. The summed E-state index contributed by atoms with van der Waals surface area (Å²) in [7, 11) is 0. The molecule has 0 aromatic carbocycles. The smallest absolute Gasteiger partial charge is 0.549 e. The zero-order valence-electron chi connectivity index (χ0n) is 5.19. The number of carbonyl (C=O) groups is 1. The summed E-state index contributed by atoms with van der Waals surface area (Å²) in [5, 5.41) is 9.90. The first-order valence-corrected chi connectivity index (χ1v) is 2.93. The molecule has 0 radical (unpaired) electrons. The third kappa shape index (κ3) is 5.34. The number of alkyl halides is 1. The van der Waals surface area contributed by atoms with Gasteiger partial charge in [0.15, 0.2) is 0 Å². The van der Waals surface area contributed by atoms with Crippen molar-refractivity contribution in [1.82, 2.24) is 0 Å². The molecule has 0 spiro atoms. The van der Waals surface area contributed by atoms with E-state index in [1.165, 1.54) is 0 Å². The van der Waals surface area contributed by atoms with Crippen molar-refractivity contribution in [2.45, 2.75) is 17.3 Å². The average Bonchev–Trinajstić information content (AvgIpc) is 1.31. The summed E-state index contributed by atoms with van der Waals surface area (Å²) >= 11 is 1.80. The van der Waals surface area contributed by atoms with Crippen molar-refractivity contribution >= 4 is 28.6 Å². The quantitative estimate of drug-likeness (QED) is 0.276. The summed E-state index contributed by atoms with van der Waals surface area (Å²) in [6, 6.07) is 0. The van der Waals surface area contributed by atoms with Crippen LogP contribution in [0.4, 0.5) is 0 Å². The number of carboxylic acid groups (broad SMARTS) is 1. The molecule has 0 aromatic heterocycles. The molecule has 2 nitrogen and oxygen atoms in total. The maximum atomic E-state index is 9.90. The predicted molar refractivity (Wildman–Crippen MR) is 33.1 cm³/mol. The Morgan fingerprint density at radius 1 is 1.62 bits per heavy atom. The van der Waals surface area contributed by atoms with Crippen molar-refractivity contribution in [1.29, 1.82) is 0 Å². The molecule has 0 aliphatic heterocycles. The average molecular weight is 236 g/mol. The second kappa shape index (κ2) is 4.09. The van der Waals surface area contributed by atoms with Crippen LogP contribution in [0.5, 0.6) is 0 Å². The van der Waals surface area contributed by atoms with Crippen molar-refractivity contribution < 1.29 is 39.5 Å². The van der Waals surface area contributed by atoms with E-state index in [1.54, 1.807) is 36.4 Å². The van der Waals surface area contributed by atoms with Crippen LogP contribution in [-0.4, -0.2) is 9.39 Å². The Labute approximate surface area is 84.5 Å². The summed E-state index contributed by atoms with van der Waals surface area (Å²) in [6.45, 7) is 3.17. The third-order valence-electron chi connectivity index (χ3n) is 0.485. The molecule has 0 atom stereocenters. The second-order valence-electron chi connectivity index (χ2n) is 1.76. The largest absolute Gasteiger partial charge is 1.00 e. The van der Waals surface area contributed by atoms with E-state index in [2.05, 4.69) is 0 Å². The van der Waals surface area contributed by atoms with Gasteiger partial charge >= 0.3 is 29.6 Å². The molecule has 0 amide bonds. The molecule has 0 N–H and O–H groups in total. The Morgan fingerprint density at radius 2 is 1.75 bits per heavy atom. The van der Waals surface area contributed by atoms with Crippen LogP contribution in [0.25, 0.3) is 0 Å². The minimum atomic E-state index is -1.02. The Morgan fingerprint density at radius 3 is 1.75 bits per heavy atom. The van der Waals surface area contributed by atoms with E-state index in [-0.39, 0.29) is 29.6 Å². The first-order chi connectivity index (χ1) is 2.94. The van der Waals surface area contributed by atoms with E-state index in [0.29, 0.717) is 0 Å². The molecule has 0 unspecified atom stereocenters. The molecule has 0 aliphatic carbocycles. The van der Waals surface area contributed by atoms with Gasteiger partial charge in [0.05, 0.1) is 9.39 Å². The van der Waals surface area contributed by atoms with Crippen molar-refractivity contribution in [3.05, 3.63) is 0 Å². The van der Waals surface area contributed by atoms with E-state index in [9.17, 15) is 9.90 Å². The molecular formula is C4H6INaO2. The topological polar surface area (TPSA) is 40.1 Å². The standard InChI is InChI=1S/C4H7IO2.Na/c1-4(2,5)3(6)7;/h1-2H3,(H,6,7);/q;+1/p-1. The van der Waals surface area contributed by atoms with Crippen LogP contribution in [0.15, 0.2) is 0 Å². The van der Waals surface area contributed by atoms with Gasteiger partial charge in [0.1, 0.15) is 0 Å². The Bertz CT molecular complexity index is 86.5. The SMILES string of the molecule is CC(C)(I)C(=O)[O-].[Na+]. The van der Waals surface area contributed by atoms with Gasteiger partial charge < -0.3 is 9.90 Å². The molecule has 0 saturated carbocycles. The number of hydrogen-bond donors (Lipinski definition) is 0. The summed E-state index contributed by atoms with van der Waals surface area (Å²) in [5.41, 5.74) is 0. The van der Waals surface area contributed by atoms with E-state index < -0.39 is 9.39 Å². The summed E-state index contributed by atoms with van der Waals surface area (Å²) in [4.78, 5) is 9.90. The van der Waals surface area contributed by atoms with Crippen LogP contribution in [0.1, 0.15) is 13.8 Å². The minimum Gasteiger partial charge on any atom is -0.549 e. The fourth-order valence-electron chi connectivity index (χ4n) is 0. The zero-order valence-corrected chi connectivity index (χ0v) is 9.35. The third-order valence-corrected chi connectivity index (χ3v) is 0.926. The number of aliphatic carboxylic acids is 1. The molecule has 0 heterocycles. The molecule has 8 heavy (non-hydrogen) atoms. The number of halogens is 1. The van der Waals surface area contributed by atoms with E-state index >= 15 is 0 Å². The van der Waals surface area contributed by atoms with Gasteiger partial charge in [-0.3, -0.25) is 0 Å². The van der Waals surface area contributed by atoms with Gasteiger partial charge in [-0.1, -0.05) is 22.6 Å². The molecule has 42 valence electrons. The van der Waals surface area contributed by atoms with Crippen LogP contribution < -0.4 is 34.7 Å². The summed E-state index contributed by atoms with van der Waals surface area (Å²) < 4.78 is -0.724. The minimum absolute atomic E-state index is 0. The second-order valence-corrected chi connectivity index (χ2v) is 4.46. The van der Waals surface area contributed by atoms with Crippen molar-refractivity contribution in [2.75, 3.05) is 0 Å². The van der Waals surface area contributed by atoms with Gasteiger partial charge in [0, 0.05) is 0 Å². The number of carboxylic acids is 1. The zero-order chi connectivity index (χ0) is 6.08. The van der Waals surface area contributed by atoms with Gasteiger partial charge in [-0.15, -0.1) is 0 Å². The van der Waals surface area contributed by atoms with Crippen LogP contribution in [-0.2, 0) is 4.79 Å². The van der Waals surface area contributed by atoms with Gasteiger partial charge in [-0.05, 0) is 13.8 Å². The molecule has 0 bridgehead atoms. The van der Waals surface area contributed by atoms with Crippen LogP contribution in [0.2, 0.25) is 0 Å². The number of carbonyl (C=O) groups excluding carboxylic acids is 1. The van der Waals surface area contributed by atoms with Crippen molar-refractivity contribution in [2.24, 2.45) is 0 Å². The fourth-order valence-corrected chi connectivity index (χ4v) is 0. The van der Waals surface area contributed by atoms with Gasteiger partial charge in [-0.2, -0.15) is 0 Å². The Balaban J connectivity index is 0. The van der Waals surface area contributed by atoms with Crippen LogP contribution >= 0.6 is 22.6 Å². The Kier molecular flexibility index (Phi) is 6.09. The van der Waals surface area contributed by atoms with E-state index in [0.717, 1.165) is 0 Å². The maximum Gasteiger partial charge on any atom is 1.00 e. The fraction of sp³-hybridized carbons (Fsp3) is 0.750. The first kappa shape index (κ1) is 11.9. The van der Waals surface area contributed by atoms with Gasteiger partial charge in [-0.25, -0.2) is 0 Å². The molecule has 4 heteroatoms. The molecule has 0 rings (SSSR count). The van der Waals surface area contributed by atoms with E-state index in [4.69, 9.17) is 0 Å². The molecule has 0 aliphatic rings. The first-order valence-electron chi connectivity index (χ1n) is 1.85. The molecular weight excluding hydrogens is 230 g/mol. The van der Waals surface area contributed by atoms with Crippen molar-refractivity contribution in [3.63, 3.8) is 0 Å². The number of rotatable bonds is 1. The normalized spacial score (nSPS) is 9.88. The maximum absolute atomic E-state index is 9.90. The number of hydrogen-bond acceptors (Lipinski definition) is 2. The molecule has 0 fully saturated rings. The van der Waals surface area contributed by atoms with E-state index in [1.807, 2.05) is 0 Å². The molecule has 0 saturated heterocycles. The van der Waals surface area contributed by atoms with Gasteiger partial charge in [0.2, 0.25) is 0 Å². The van der Waals surface area contributed by atoms with Gasteiger partial charge in [0.25, 0.3) is 0 Å². The van der Waals surface area contributed by atoms with Crippen LogP contribution in [0.3, 0.4) is 0 Å².